The van der Waals surface area contributed by atoms with Crippen molar-refractivity contribution in [1.29, 1.82) is 0 Å². The van der Waals surface area contributed by atoms with E-state index < -0.39 is 0 Å². The summed E-state index contributed by atoms with van der Waals surface area (Å²) in [6.07, 6.45) is 3.95. The van der Waals surface area contributed by atoms with Gasteiger partial charge in [-0.3, -0.25) is 4.79 Å². The second kappa shape index (κ2) is 3.49. The maximum atomic E-state index is 10.1. The highest BCUT2D eigenvalue weighted by molar-refractivity contribution is 7.13. The first kappa shape index (κ1) is 8.13. The normalized spacial score (nSPS) is 11.1. The third-order valence-electron chi connectivity index (χ3n) is 1.74. The fourth-order valence-corrected chi connectivity index (χ4v) is 1.92. The Kier molecular flexibility index (Phi) is 2.19. The standard InChI is InChI=1S/C10H7NOS/c12-7-3-5-9-8-4-1-2-6-10(8)13-11-9/h1-7H. The van der Waals surface area contributed by atoms with E-state index in [1.165, 1.54) is 17.6 Å². The van der Waals surface area contributed by atoms with E-state index in [2.05, 4.69) is 4.37 Å². The van der Waals surface area contributed by atoms with Crippen LogP contribution in [0.25, 0.3) is 16.2 Å². The van der Waals surface area contributed by atoms with Crippen LogP contribution in [0, 0.1) is 0 Å². The monoisotopic (exact) mass is 189 g/mol. The van der Waals surface area contributed by atoms with E-state index in [1.807, 2.05) is 24.3 Å². The summed E-state index contributed by atoms with van der Waals surface area (Å²) in [7, 11) is 0. The van der Waals surface area contributed by atoms with Crippen LogP contribution < -0.4 is 0 Å². The molecule has 0 aliphatic rings. The molecule has 0 spiro atoms. The number of allylic oxidation sites excluding steroid dienone is 1. The highest BCUT2D eigenvalue weighted by Gasteiger charge is 2.00. The molecule has 0 saturated heterocycles. The number of carbonyl (C=O) groups is 1. The Balaban J connectivity index is 2.57. The molecule has 2 rings (SSSR count). The van der Waals surface area contributed by atoms with Gasteiger partial charge in [0.15, 0.2) is 0 Å². The topological polar surface area (TPSA) is 30.0 Å². The second-order valence-corrected chi connectivity index (χ2v) is 3.36. The van der Waals surface area contributed by atoms with Gasteiger partial charge in [-0.15, -0.1) is 0 Å². The van der Waals surface area contributed by atoms with E-state index in [0.717, 1.165) is 22.1 Å². The van der Waals surface area contributed by atoms with Crippen LogP contribution in [0.1, 0.15) is 5.69 Å². The van der Waals surface area contributed by atoms with E-state index in [9.17, 15) is 4.79 Å². The van der Waals surface area contributed by atoms with Gasteiger partial charge < -0.3 is 0 Å². The zero-order valence-electron chi connectivity index (χ0n) is 6.81. The molecule has 0 fully saturated rings. The Bertz CT molecular complexity index is 459. The molecule has 64 valence electrons. The number of aromatic nitrogens is 1. The first-order chi connectivity index (χ1) is 6.42. The molecule has 0 N–H and O–H groups in total. The largest absolute Gasteiger partial charge is 0.299 e. The molecular formula is C10H7NOS. The quantitative estimate of drug-likeness (QED) is 0.536. The number of rotatable bonds is 2. The number of hydrogen-bond acceptors (Lipinski definition) is 3. The van der Waals surface area contributed by atoms with Crippen molar-refractivity contribution in [1.82, 2.24) is 4.37 Å². The summed E-state index contributed by atoms with van der Waals surface area (Å²) in [5.74, 6) is 0. The maximum Gasteiger partial charge on any atom is 0.142 e. The second-order valence-electron chi connectivity index (χ2n) is 2.56. The fraction of sp³-hybridized carbons (Fsp3) is 0. The fourth-order valence-electron chi connectivity index (χ4n) is 1.16. The molecule has 0 aliphatic heterocycles. The van der Waals surface area contributed by atoms with Crippen molar-refractivity contribution in [2.45, 2.75) is 0 Å². The molecule has 2 aromatic rings. The Morgan fingerprint density at radius 1 is 1.31 bits per heavy atom. The van der Waals surface area contributed by atoms with Gasteiger partial charge in [0.2, 0.25) is 0 Å². The van der Waals surface area contributed by atoms with Crippen molar-refractivity contribution >= 4 is 34.0 Å². The van der Waals surface area contributed by atoms with Crippen LogP contribution in [0.15, 0.2) is 30.3 Å². The van der Waals surface area contributed by atoms with Gasteiger partial charge in [0, 0.05) is 5.39 Å². The van der Waals surface area contributed by atoms with Gasteiger partial charge in [0.05, 0.1) is 10.4 Å². The third kappa shape index (κ3) is 1.51. The summed E-state index contributed by atoms with van der Waals surface area (Å²) in [5.41, 5.74) is 0.868. The molecule has 0 amide bonds. The van der Waals surface area contributed by atoms with Crippen LogP contribution >= 0.6 is 11.5 Å². The summed E-state index contributed by atoms with van der Waals surface area (Å²) in [5, 5.41) is 1.10. The van der Waals surface area contributed by atoms with Gasteiger partial charge in [0.25, 0.3) is 0 Å². The average Bonchev–Trinajstić information content (AvgIpc) is 2.58. The molecule has 3 heteroatoms. The summed E-state index contributed by atoms with van der Waals surface area (Å²) in [4.78, 5) is 10.1. The summed E-state index contributed by atoms with van der Waals surface area (Å²) >= 11 is 1.45. The predicted octanol–water partition coefficient (Wildman–Crippen LogP) is 2.51. The van der Waals surface area contributed by atoms with Gasteiger partial charge in [-0.25, -0.2) is 0 Å². The molecule has 1 aromatic heterocycles. The first-order valence-corrected chi connectivity index (χ1v) is 4.65. The number of nitrogens with zero attached hydrogens (tertiary/aromatic N) is 1. The van der Waals surface area contributed by atoms with Crippen LogP contribution in [-0.4, -0.2) is 10.7 Å². The van der Waals surface area contributed by atoms with E-state index in [4.69, 9.17) is 0 Å². The molecule has 0 atom stereocenters. The summed E-state index contributed by atoms with van der Waals surface area (Å²) < 4.78 is 5.38. The molecule has 2 nitrogen and oxygen atoms in total. The van der Waals surface area contributed by atoms with Crippen molar-refractivity contribution in [3.8, 4) is 0 Å². The van der Waals surface area contributed by atoms with Gasteiger partial charge in [-0.1, -0.05) is 18.2 Å². The molecule has 0 aliphatic carbocycles. The zero-order chi connectivity index (χ0) is 9.10. The van der Waals surface area contributed by atoms with Gasteiger partial charge in [-0.2, -0.15) is 4.37 Å². The van der Waals surface area contributed by atoms with E-state index >= 15 is 0 Å². The van der Waals surface area contributed by atoms with E-state index in [0.29, 0.717) is 0 Å². The Morgan fingerprint density at radius 2 is 2.15 bits per heavy atom. The number of carbonyl (C=O) groups excluding carboxylic acids is 1. The van der Waals surface area contributed by atoms with Crippen molar-refractivity contribution in [3.05, 3.63) is 36.0 Å². The number of aldehydes is 1. The van der Waals surface area contributed by atoms with Crippen LogP contribution in [0.4, 0.5) is 0 Å². The molecule has 1 aromatic carbocycles. The average molecular weight is 189 g/mol. The smallest absolute Gasteiger partial charge is 0.142 e. The number of fused-ring (bicyclic) bond motifs is 1. The van der Waals surface area contributed by atoms with Gasteiger partial charge >= 0.3 is 0 Å². The van der Waals surface area contributed by atoms with Gasteiger partial charge in [-0.05, 0) is 29.8 Å². The maximum absolute atomic E-state index is 10.1. The molecule has 13 heavy (non-hydrogen) atoms. The molecule has 0 bridgehead atoms. The van der Waals surface area contributed by atoms with Crippen molar-refractivity contribution in [2.75, 3.05) is 0 Å². The van der Waals surface area contributed by atoms with E-state index in [-0.39, 0.29) is 0 Å². The third-order valence-corrected chi connectivity index (χ3v) is 2.58. The first-order valence-electron chi connectivity index (χ1n) is 3.88. The molecule has 0 radical (unpaired) electrons. The van der Waals surface area contributed by atoms with Crippen LogP contribution in [0.5, 0.6) is 0 Å². The summed E-state index contributed by atoms with van der Waals surface area (Å²) in [6, 6.07) is 7.97. The molecule has 0 unspecified atom stereocenters. The summed E-state index contributed by atoms with van der Waals surface area (Å²) in [6.45, 7) is 0. The minimum atomic E-state index is 0.758. The lowest BCUT2D eigenvalue weighted by Crippen LogP contribution is -1.70. The van der Waals surface area contributed by atoms with Crippen molar-refractivity contribution in [2.24, 2.45) is 0 Å². The lowest BCUT2D eigenvalue weighted by molar-refractivity contribution is -0.104. The highest BCUT2D eigenvalue weighted by atomic mass is 32.1. The Morgan fingerprint density at radius 3 is 3.00 bits per heavy atom. The van der Waals surface area contributed by atoms with Gasteiger partial charge in [0.1, 0.15) is 6.29 Å². The minimum Gasteiger partial charge on any atom is -0.299 e. The number of benzene rings is 1. The highest BCUT2D eigenvalue weighted by Crippen LogP contribution is 2.22. The minimum absolute atomic E-state index is 0.758. The molecular weight excluding hydrogens is 182 g/mol. The van der Waals surface area contributed by atoms with Crippen LogP contribution in [-0.2, 0) is 4.79 Å². The number of hydrogen-bond donors (Lipinski definition) is 0. The molecule has 1 heterocycles. The lowest BCUT2D eigenvalue weighted by atomic mass is 10.2. The van der Waals surface area contributed by atoms with E-state index in [1.54, 1.807) is 6.08 Å². The van der Waals surface area contributed by atoms with Crippen molar-refractivity contribution in [3.63, 3.8) is 0 Å². The SMILES string of the molecule is O=CC=Cc1nsc2ccccc12. The van der Waals surface area contributed by atoms with Crippen LogP contribution in [0.2, 0.25) is 0 Å². The Hall–Kier alpha value is -1.48. The zero-order valence-corrected chi connectivity index (χ0v) is 7.62. The van der Waals surface area contributed by atoms with Crippen LogP contribution in [0.3, 0.4) is 0 Å². The predicted molar refractivity (Wildman–Crippen MR) is 54.7 cm³/mol. The Labute approximate surface area is 79.7 Å². The molecule has 0 saturated carbocycles. The van der Waals surface area contributed by atoms with Crippen molar-refractivity contribution < 1.29 is 4.79 Å². The lowest BCUT2D eigenvalue weighted by Gasteiger charge is -1.86.